The fourth-order valence-electron chi connectivity index (χ4n) is 1.71. The molecule has 0 amide bonds. The molecule has 2 aromatic rings. The zero-order chi connectivity index (χ0) is 14.5. The van der Waals surface area contributed by atoms with Gasteiger partial charge in [-0.15, -0.1) is 6.42 Å². The van der Waals surface area contributed by atoms with Crippen LogP contribution in [-0.2, 0) is 0 Å². The Hall–Kier alpha value is -3.31. The van der Waals surface area contributed by atoms with Crippen molar-refractivity contribution in [1.29, 1.82) is 5.26 Å². The highest BCUT2D eigenvalue weighted by Crippen LogP contribution is 2.25. The molecule has 0 aliphatic rings. The second-order valence-corrected chi connectivity index (χ2v) is 3.95. The lowest BCUT2D eigenvalue weighted by Gasteiger charge is -2.07. The Morgan fingerprint density at radius 3 is 2.60 bits per heavy atom. The summed E-state index contributed by atoms with van der Waals surface area (Å²) >= 11 is 0. The summed E-state index contributed by atoms with van der Waals surface area (Å²) in [7, 11) is 0. The highest BCUT2D eigenvalue weighted by atomic mass is 16.6. The van der Waals surface area contributed by atoms with Crippen LogP contribution in [0.2, 0.25) is 0 Å². The number of anilines is 2. The topological polar surface area (TPSA) is 79.0 Å². The van der Waals surface area contributed by atoms with Crippen LogP contribution >= 0.6 is 0 Å². The molecule has 20 heavy (non-hydrogen) atoms. The van der Waals surface area contributed by atoms with Gasteiger partial charge in [-0.2, -0.15) is 5.26 Å². The minimum atomic E-state index is -0.582. The molecule has 2 rings (SSSR count). The maximum atomic E-state index is 10.9. The first-order valence-corrected chi connectivity index (χ1v) is 5.66. The van der Waals surface area contributed by atoms with Gasteiger partial charge in [0.05, 0.1) is 4.92 Å². The van der Waals surface area contributed by atoms with E-state index in [0.29, 0.717) is 11.3 Å². The summed E-state index contributed by atoms with van der Waals surface area (Å²) in [5.74, 6) is 2.51. The van der Waals surface area contributed by atoms with E-state index in [0.717, 1.165) is 5.69 Å². The minimum Gasteiger partial charge on any atom is -0.355 e. The lowest BCUT2D eigenvalue weighted by molar-refractivity contribution is -0.385. The van der Waals surface area contributed by atoms with Crippen LogP contribution in [0.4, 0.5) is 17.1 Å². The van der Waals surface area contributed by atoms with Gasteiger partial charge in [0.1, 0.15) is 11.6 Å². The van der Waals surface area contributed by atoms with Crippen molar-refractivity contribution >= 4 is 17.1 Å². The Morgan fingerprint density at radius 1 is 1.20 bits per heavy atom. The number of nitriles is 1. The zero-order valence-corrected chi connectivity index (χ0v) is 10.3. The Bertz CT molecular complexity index is 754. The molecule has 0 bridgehead atoms. The zero-order valence-electron chi connectivity index (χ0n) is 10.3. The third-order valence-corrected chi connectivity index (χ3v) is 2.63. The maximum absolute atomic E-state index is 10.9. The van der Waals surface area contributed by atoms with Gasteiger partial charge in [0.25, 0.3) is 5.69 Å². The number of nitro groups is 1. The molecule has 2 aromatic carbocycles. The minimum absolute atomic E-state index is 0.0259. The first-order chi connectivity index (χ1) is 9.63. The first-order valence-electron chi connectivity index (χ1n) is 5.66. The predicted octanol–water partition coefficient (Wildman–Crippen LogP) is 3.19. The number of benzene rings is 2. The highest BCUT2D eigenvalue weighted by Gasteiger charge is 2.14. The lowest BCUT2D eigenvalue weighted by Crippen LogP contribution is -1.96. The second-order valence-electron chi connectivity index (χ2n) is 3.95. The fraction of sp³-hybridized carbons (Fsp3) is 0. The summed E-state index contributed by atoms with van der Waals surface area (Å²) in [6.45, 7) is 0. The molecule has 0 spiro atoms. The summed E-state index contributed by atoms with van der Waals surface area (Å²) in [5, 5.41) is 22.7. The van der Waals surface area contributed by atoms with Gasteiger partial charge in [0.2, 0.25) is 0 Å². The van der Waals surface area contributed by atoms with E-state index >= 15 is 0 Å². The molecule has 0 radical (unpaired) electrons. The Labute approximate surface area is 115 Å². The first kappa shape index (κ1) is 13.1. The van der Waals surface area contributed by atoms with E-state index in [-0.39, 0.29) is 11.3 Å². The van der Waals surface area contributed by atoms with E-state index in [1.807, 2.05) is 0 Å². The summed E-state index contributed by atoms with van der Waals surface area (Å²) < 4.78 is 0. The van der Waals surface area contributed by atoms with E-state index in [1.165, 1.54) is 12.1 Å². The van der Waals surface area contributed by atoms with Crippen molar-refractivity contribution in [2.24, 2.45) is 0 Å². The molecule has 0 aromatic heterocycles. The van der Waals surface area contributed by atoms with E-state index in [2.05, 4.69) is 11.2 Å². The molecule has 0 saturated carbocycles. The van der Waals surface area contributed by atoms with Gasteiger partial charge in [0.15, 0.2) is 0 Å². The summed E-state index contributed by atoms with van der Waals surface area (Å²) in [4.78, 5) is 10.3. The van der Waals surface area contributed by atoms with Gasteiger partial charge in [0, 0.05) is 23.0 Å². The average Bonchev–Trinajstić information content (AvgIpc) is 2.47. The summed E-state index contributed by atoms with van der Waals surface area (Å²) in [6.07, 6.45) is 5.31. The molecule has 0 heterocycles. The largest absolute Gasteiger partial charge is 0.355 e. The summed E-state index contributed by atoms with van der Waals surface area (Å²) in [5.41, 5.74) is 1.74. The Balaban J connectivity index is 2.35. The standard InChI is InChI=1S/C15H9N3O2/c1-2-11-4-3-5-13(8-11)17-14-7-6-12(10-16)15(9-14)18(19)20/h1,3-9,17H. The van der Waals surface area contributed by atoms with Gasteiger partial charge in [-0.3, -0.25) is 10.1 Å². The molecule has 0 saturated heterocycles. The molecule has 0 unspecified atom stereocenters. The van der Waals surface area contributed by atoms with Crippen molar-refractivity contribution in [3.05, 3.63) is 63.7 Å². The van der Waals surface area contributed by atoms with E-state index in [9.17, 15) is 10.1 Å². The van der Waals surface area contributed by atoms with Gasteiger partial charge in [-0.1, -0.05) is 12.0 Å². The molecule has 0 aliphatic carbocycles. The highest BCUT2D eigenvalue weighted by molar-refractivity contribution is 5.66. The van der Waals surface area contributed by atoms with Crippen molar-refractivity contribution < 1.29 is 4.92 Å². The quantitative estimate of drug-likeness (QED) is 0.524. The van der Waals surface area contributed by atoms with Gasteiger partial charge in [-0.05, 0) is 30.3 Å². The SMILES string of the molecule is C#Cc1cccc(Nc2ccc(C#N)c([N+](=O)[O-])c2)c1. The summed E-state index contributed by atoms with van der Waals surface area (Å²) in [6, 6.07) is 13.2. The third kappa shape index (κ3) is 2.74. The van der Waals surface area contributed by atoms with E-state index in [1.54, 1.807) is 36.4 Å². The van der Waals surface area contributed by atoms with Crippen molar-refractivity contribution in [2.45, 2.75) is 0 Å². The molecular weight excluding hydrogens is 254 g/mol. The molecule has 96 valence electrons. The molecule has 0 fully saturated rings. The smallest absolute Gasteiger partial charge is 0.289 e. The van der Waals surface area contributed by atoms with Crippen LogP contribution in [0.1, 0.15) is 11.1 Å². The van der Waals surface area contributed by atoms with Gasteiger partial charge >= 0.3 is 0 Å². The number of rotatable bonds is 3. The van der Waals surface area contributed by atoms with Gasteiger partial charge in [-0.25, -0.2) is 0 Å². The number of hydrogen-bond acceptors (Lipinski definition) is 4. The second kappa shape index (κ2) is 5.55. The van der Waals surface area contributed by atoms with Crippen molar-refractivity contribution in [1.82, 2.24) is 0 Å². The number of nitro benzene ring substituents is 1. The number of nitrogens with one attached hydrogen (secondary N) is 1. The van der Waals surface area contributed by atoms with E-state index < -0.39 is 4.92 Å². The molecular formula is C15H9N3O2. The van der Waals surface area contributed by atoms with Crippen LogP contribution in [-0.4, -0.2) is 4.92 Å². The maximum Gasteiger partial charge on any atom is 0.289 e. The van der Waals surface area contributed by atoms with Crippen LogP contribution in [0.25, 0.3) is 0 Å². The normalized spacial score (nSPS) is 9.30. The fourth-order valence-corrected chi connectivity index (χ4v) is 1.71. The van der Waals surface area contributed by atoms with Crippen LogP contribution < -0.4 is 5.32 Å². The average molecular weight is 263 g/mol. The van der Waals surface area contributed by atoms with Crippen LogP contribution in [0.3, 0.4) is 0 Å². The van der Waals surface area contributed by atoms with Crippen LogP contribution in [0.5, 0.6) is 0 Å². The number of nitrogens with zero attached hydrogens (tertiary/aromatic N) is 2. The van der Waals surface area contributed by atoms with Gasteiger partial charge < -0.3 is 5.32 Å². The number of terminal acetylenes is 1. The van der Waals surface area contributed by atoms with Crippen LogP contribution in [0.15, 0.2) is 42.5 Å². The molecule has 5 heteroatoms. The number of hydrogen-bond donors (Lipinski definition) is 1. The van der Waals surface area contributed by atoms with E-state index in [4.69, 9.17) is 11.7 Å². The molecule has 0 aliphatic heterocycles. The lowest BCUT2D eigenvalue weighted by atomic mass is 10.1. The van der Waals surface area contributed by atoms with Crippen LogP contribution in [0, 0.1) is 33.8 Å². The Kier molecular flexibility index (Phi) is 3.65. The third-order valence-electron chi connectivity index (χ3n) is 2.63. The van der Waals surface area contributed by atoms with Crippen molar-refractivity contribution in [3.8, 4) is 18.4 Å². The predicted molar refractivity (Wildman–Crippen MR) is 75.5 cm³/mol. The van der Waals surface area contributed by atoms with Crippen molar-refractivity contribution in [2.75, 3.05) is 5.32 Å². The molecule has 0 atom stereocenters. The van der Waals surface area contributed by atoms with Crippen molar-refractivity contribution in [3.63, 3.8) is 0 Å². The Morgan fingerprint density at radius 2 is 1.95 bits per heavy atom. The molecule has 1 N–H and O–H groups in total. The monoisotopic (exact) mass is 263 g/mol. The molecule has 5 nitrogen and oxygen atoms in total.